The third kappa shape index (κ3) is 1.92. The summed E-state index contributed by atoms with van der Waals surface area (Å²) in [5.74, 6) is 0. The van der Waals surface area contributed by atoms with E-state index in [1.54, 1.807) is 18.3 Å². The van der Waals surface area contributed by atoms with E-state index < -0.39 is 11.0 Å². The van der Waals surface area contributed by atoms with Gasteiger partial charge in [0.1, 0.15) is 5.60 Å². The highest BCUT2D eigenvalue weighted by Crippen LogP contribution is 2.43. The van der Waals surface area contributed by atoms with Crippen LogP contribution in [0.25, 0.3) is 0 Å². The van der Waals surface area contributed by atoms with Gasteiger partial charge in [0.05, 0.1) is 11.5 Å². The van der Waals surface area contributed by atoms with Crippen molar-refractivity contribution in [2.75, 3.05) is 0 Å². The molecular weight excluding hydrogens is 206 g/mol. The fraction of sp³-hybridized carbons (Fsp3) is 0.583. The lowest BCUT2D eigenvalue weighted by Gasteiger charge is -2.36. The van der Waals surface area contributed by atoms with Crippen LogP contribution in [0.2, 0.25) is 0 Å². The van der Waals surface area contributed by atoms with Gasteiger partial charge in [-0.05, 0) is 39.3 Å². The second-order valence-corrected chi connectivity index (χ2v) is 5.57. The molecule has 0 aromatic carbocycles. The minimum Gasteiger partial charge on any atom is -0.383 e. The predicted octanol–water partition coefficient (Wildman–Crippen LogP) is 3.20. The molecular formula is C12H17NOS. The molecule has 1 rings (SSSR count). The molecule has 2 unspecified atom stereocenters. The molecule has 0 amide bonds. The summed E-state index contributed by atoms with van der Waals surface area (Å²) in [5.41, 5.74) is -1.81. The molecule has 0 fully saturated rings. The third-order valence-corrected chi connectivity index (χ3v) is 4.46. The van der Waals surface area contributed by atoms with Crippen molar-refractivity contribution >= 4 is 11.3 Å². The van der Waals surface area contributed by atoms with E-state index in [9.17, 15) is 10.4 Å². The molecule has 0 spiro atoms. The molecule has 0 aliphatic carbocycles. The van der Waals surface area contributed by atoms with Gasteiger partial charge in [-0.1, -0.05) is 6.92 Å². The summed E-state index contributed by atoms with van der Waals surface area (Å²) in [7, 11) is 0. The standard InChI is InChI=1S/C12H17NOS/c1-5-11(3,8-13)12(4,14)10-7-6-9(2)15-10/h6-7,14H,5H2,1-4H3. The highest BCUT2D eigenvalue weighted by Gasteiger charge is 2.44. The minimum atomic E-state index is -1.07. The second kappa shape index (κ2) is 3.96. The lowest BCUT2D eigenvalue weighted by atomic mass is 9.73. The monoisotopic (exact) mass is 223 g/mol. The van der Waals surface area contributed by atoms with Crippen LogP contribution in [0.4, 0.5) is 0 Å². The Morgan fingerprint density at radius 2 is 2.07 bits per heavy atom. The molecule has 3 heteroatoms. The molecule has 2 nitrogen and oxygen atoms in total. The number of nitriles is 1. The van der Waals surface area contributed by atoms with Crippen molar-refractivity contribution in [2.24, 2.45) is 5.41 Å². The van der Waals surface area contributed by atoms with E-state index in [2.05, 4.69) is 6.07 Å². The quantitative estimate of drug-likeness (QED) is 0.855. The van der Waals surface area contributed by atoms with E-state index >= 15 is 0 Å². The first-order valence-electron chi connectivity index (χ1n) is 5.08. The van der Waals surface area contributed by atoms with Gasteiger partial charge in [0, 0.05) is 9.75 Å². The normalized spacial score (nSPS) is 18.9. The molecule has 82 valence electrons. The zero-order valence-electron chi connectivity index (χ0n) is 9.66. The lowest BCUT2D eigenvalue weighted by Crippen LogP contribution is -2.39. The van der Waals surface area contributed by atoms with E-state index in [0.717, 1.165) is 9.75 Å². The highest BCUT2D eigenvalue weighted by molar-refractivity contribution is 7.12. The van der Waals surface area contributed by atoms with Gasteiger partial charge in [-0.15, -0.1) is 11.3 Å². The molecule has 0 radical (unpaired) electrons. The maximum atomic E-state index is 10.5. The highest BCUT2D eigenvalue weighted by atomic mass is 32.1. The van der Waals surface area contributed by atoms with E-state index in [1.807, 2.05) is 32.9 Å². The number of aliphatic hydroxyl groups is 1. The lowest BCUT2D eigenvalue weighted by molar-refractivity contribution is -0.0347. The number of nitrogens with zero attached hydrogens (tertiary/aromatic N) is 1. The van der Waals surface area contributed by atoms with Crippen molar-refractivity contribution in [3.05, 3.63) is 21.9 Å². The van der Waals surface area contributed by atoms with Crippen LogP contribution in [0.3, 0.4) is 0 Å². The molecule has 0 aliphatic rings. The zero-order chi connectivity index (χ0) is 11.7. The van der Waals surface area contributed by atoms with Crippen LogP contribution in [-0.4, -0.2) is 5.11 Å². The van der Waals surface area contributed by atoms with Gasteiger partial charge in [-0.3, -0.25) is 0 Å². The first kappa shape index (κ1) is 12.2. The van der Waals surface area contributed by atoms with Crippen LogP contribution >= 0.6 is 11.3 Å². The van der Waals surface area contributed by atoms with Crippen molar-refractivity contribution in [1.82, 2.24) is 0 Å². The number of aryl methyl sites for hydroxylation is 1. The SMILES string of the molecule is CCC(C)(C#N)C(C)(O)c1ccc(C)s1. The number of hydrogen-bond acceptors (Lipinski definition) is 3. The predicted molar refractivity (Wildman–Crippen MR) is 62.6 cm³/mol. The van der Waals surface area contributed by atoms with Gasteiger partial charge in [0.2, 0.25) is 0 Å². The van der Waals surface area contributed by atoms with Crippen LogP contribution < -0.4 is 0 Å². The maximum absolute atomic E-state index is 10.5. The Morgan fingerprint density at radius 3 is 2.40 bits per heavy atom. The summed E-state index contributed by atoms with van der Waals surface area (Å²) in [6, 6.07) is 6.11. The Hall–Kier alpha value is -0.850. The summed E-state index contributed by atoms with van der Waals surface area (Å²) >= 11 is 1.55. The first-order chi connectivity index (χ1) is 6.87. The summed E-state index contributed by atoms with van der Waals surface area (Å²) in [5, 5.41) is 19.7. The molecule has 1 heterocycles. The van der Waals surface area contributed by atoms with Gasteiger partial charge in [0.25, 0.3) is 0 Å². The van der Waals surface area contributed by atoms with E-state index in [0.29, 0.717) is 6.42 Å². The van der Waals surface area contributed by atoms with E-state index in [1.165, 1.54) is 0 Å². The van der Waals surface area contributed by atoms with Crippen molar-refractivity contribution in [3.63, 3.8) is 0 Å². The van der Waals surface area contributed by atoms with Crippen LogP contribution in [-0.2, 0) is 5.60 Å². The summed E-state index contributed by atoms with van der Waals surface area (Å²) < 4.78 is 0. The van der Waals surface area contributed by atoms with Crippen molar-refractivity contribution < 1.29 is 5.11 Å². The molecule has 2 atom stereocenters. The van der Waals surface area contributed by atoms with E-state index in [-0.39, 0.29) is 0 Å². The number of hydrogen-bond donors (Lipinski definition) is 1. The smallest absolute Gasteiger partial charge is 0.114 e. The summed E-state index contributed by atoms with van der Waals surface area (Å²) in [4.78, 5) is 2.02. The molecule has 0 saturated carbocycles. The van der Waals surface area contributed by atoms with Crippen LogP contribution in [0, 0.1) is 23.7 Å². The van der Waals surface area contributed by atoms with Crippen molar-refractivity contribution in [2.45, 2.75) is 39.7 Å². The average Bonchev–Trinajstić information content (AvgIpc) is 2.63. The van der Waals surface area contributed by atoms with Crippen LogP contribution in [0.1, 0.15) is 36.9 Å². The van der Waals surface area contributed by atoms with Crippen molar-refractivity contribution in [1.29, 1.82) is 5.26 Å². The van der Waals surface area contributed by atoms with Crippen molar-refractivity contribution in [3.8, 4) is 6.07 Å². The van der Waals surface area contributed by atoms with Gasteiger partial charge in [-0.25, -0.2) is 0 Å². The van der Waals surface area contributed by atoms with Gasteiger partial charge < -0.3 is 5.11 Å². The van der Waals surface area contributed by atoms with Gasteiger partial charge in [0.15, 0.2) is 0 Å². The second-order valence-electron chi connectivity index (χ2n) is 4.28. The topological polar surface area (TPSA) is 44.0 Å². The molecule has 15 heavy (non-hydrogen) atoms. The zero-order valence-corrected chi connectivity index (χ0v) is 10.5. The summed E-state index contributed by atoms with van der Waals surface area (Å²) in [6.45, 7) is 7.46. The number of thiophene rings is 1. The fourth-order valence-electron chi connectivity index (χ4n) is 1.50. The van der Waals surface area contributed by atoms with Crippen LogP contribution in [0.15, 0.2) is 12.1 Å². The summed E-state index contributed by atoms with van der Waals surface area (Å²) in [6.07, 6.45) is 0.632. The molecule has 0 aliphatic heterocycles. The Bertz CT molecular complexity index is 389. The Morgan fingerprint density at radius 1 is 1.47 bits per heavy atom. The first-order valence-corrected chi connectivity index (χ1v) is 5.89. The van der Waals surface area contributed by atoms with Crippen LogP contribution in [0.5, 0.6) is 0 Å². The Labute approximate surface area is 95.2 Å². The molecule has 1 aromatic heterocycles. The minimum absolute atomic E-state index is 0.632. The Balaban J connectivity index is 3.18. The molecule has 1 N–H and O–H groups in total. The number of rotatable bonds is 3. The maximum Gasteiger partial charge on any atom is 0.114 e. The molecule has 0 bridgehead atoms. The largest absolute Gasteiger partial charge is 0.383 e. The third-order valence-electron chi connectivity index (χ3n) is 3.25. The molecule has 0 saturated heterocycles. The van der Waals surface area contributed by atoms with Gasteiger partial charge >= 0.3 is 0 Å². The average molecular weight is 223 g/mol. The van der Waals surface area contributed by atoms with E-state index in [4.69, 9.17) is 0 Å². The van der Waals surface area contributed by atoms with Gasteiger partial charge in [-0.2, -0.15) is 5.26 Å². The Kier molecular flexibility index (Phi) is 3.22. The molecule has 1 aromatic rings. The fourth-order valence-corrected chi connectivity index (χ4v) is 2.54.